The van der Waals surface area contributed by atoms with E-state index in [1.165, 1.54) is 6.42 Å². The van der Waals surface area contributed by atoms with Crippen molar-refractivity contribution in [2.75, 3.05) is 13.6 Å². The second-order valence-electron chi connectivity index (χ2n) is 9.57. The van der Waals surface area contributed by atoms with Gasteiger partial charge in [0.2, 0.25) is 11.8 Å². The van der Waals surface area contributed by atoms with Crippen LogP contribution in [0.3, 0.4) is 0 Å². The molecule has 2 aromatic carbocycles. The van der Waals surface area contributed by atoms with E-state index in [2.05, 4.69) is 16.7 Å². The fourth-order valence-electron chi connectivity index (χ4n) is 5.22. The maximum atomic E-state index is 13.9. The van der Waals surface area contributed by atoms with Crippen molar-refractivity contribution in [2.45, 2.75) is 70.0 Å². The predicted molar refractivity (Wildman–Crippen MR) is 134 cm³/mol. The van der Waals surface area contributed by atoms with E-state index in [9.17, 15) is 9.59 Å². The Kier molecular flexibility index (Phi) is 8.22. The van der Waals surface area contributed by atoms with Crippen molar-refractivity contribution >= 4 is 11.8 Å². The van der Waals surface area contributed by atoms with Gasteiger partial charge >= 0.3 is 0 Å². The lowest BCUT2D eigenvalue weighted by Crippen LogP contribution is -2.55. The Morgan fingerprint density at radius 3 is 2.41 bits per heavy atom. The van der Waals surface area contributed by atoms with Gasteiger partial charge in [-0.2, -0.15) is 0 Å². The van der Waals surface area contributed by atoms with Crippen LogP contribution in [0, 0.1) is 5.92 Å². The van der Waals surface area contributed by atoms with Crippen LogP contribution < -0.4 is 15.4 Å². The van der Waals surface area contributed by atoms with Crippen molar-refractivity contribution in [2.24, 2.45) is 5.92 Å². The Balaban J connectivity index is 1.53. The third-order valence-electron chi connectivity index (χ3n) is 7.27. The molecule has 4 rings (SSSR count). The third kappa shape index (κ3) is 5.79. The molecule has 1 saturated heterocycles. The zero-order valence-electron chi connectivity index (χ0n) is 20.3. The predicted octanol–water partition coefficient (Wildman–Crippen LogP) is 4.82. The van der Waals surface area contributed by atoms with Gasteiger partial charge in [0.25, 0.3) is 0 Å². The van der Waals surface area contributed by atoms with E-state index in [0.29, 0.717) is 6.54 Å². The van der Waals surface area contributed by atoms with Gasteiger partial charge in [0.1, 0.15) is 17.5 Å². The summed E-state index contributed by atoms with van der Waals surface area (Å²) in [7, 11) is 1.77. The first-order valence-corrected chi connectivity index (χ1v) is 12.7. The molecule has 0 aromatic heterocycles. The Bertz CT molecular complexity index is 958. The van der Waals surface area contributed by atoms with Gasteiger partial charge in [0.15, 0.2) is 0 Å². The minimum Gasteiger partial charge on any atom is -0.457 e. The number of ether oxygens (including phenoxy) is 1. The topological polar surface area (TPSA) is 70.7 Å². The quantitative estimate of drug-likeness (QED) is 0.589. The number of likely N-dealkylation sites (tertiary alicyclic amines) is 1. The summed E-state index contributed by atoms with van der Waals surface area (Å²) in [6.07, 6.45) is 7.30. The highest BCUT2D eigenvalue weighted by molar-refractivity contribution is 5.90. The summed E-state index contributed by atoms with van der Waals surface area (Å²) in [6, 6.07) is 17.0. The van der Waals surface area contributed by atoms with Crippen molar-refractivity contribution in [3.63, 3.8) is 0 Å². The number of para-hydroxylation sites is 1. The van der Waals surface area contributed by atoms with Crippen LogP contribution in [0.4, 0.5) is 0 Å². The van der Waals surface area contributed by atoms with E-state index in [1.807, 2.05) is 60.4 Å². The number of carbonyl (C=O) groups is 2. The molecule has 2 N–H and O–H groups in total. The highest BCUT2D eigenvalue weighted by Gasteiger charge is 2.39. The van der Waals surface area contributed by atoms with Gasteiger partial charge in [0, 0.05) is 6.54 Å². The first kappa shape index (κ1) is 24.3. The molecular weight excluding hydrogens is 426 g/mol. The van der Waals surface area contributed by atoms with Gasteiger partial charge in [-0.3, -0.25) is 9.59 Å². The number of hydrogen-bond acceptors (Lipinski definition) is 4. The summed E-state index contributed by atoms with van der Waals surface area (Å²) >= 11 is 0. The largest absolute Gasteiger partial charge is 0.457 e. The van der Waals surface area contributed by atoms with E-state index in [4.69, 9.17) is 4.74 Å². The molecule has 0 radical (unpaired) electrons. The number of nitrogens with zero attached hydrogens (tertiary/aromatic N) is 1. The molecule has 182 valence electrons. The van der Waals surface area contributed by atoms with Crippen molar-refractivity contribution in [1.29, 1.82) is 0 Å². The molecule has 1 aliphatic heterocycles. The molecule has 2 aromatic rings. The molecular formula is C28H37N3O3. The van der Waals surface area contributed by atoms with Crippen molar-refractivity contribution in [3.8, 4) is 11.5 Å². The van der Waals surface area contributed by atoms with E-state index >= 15 is 0 Å². The highest BCUT2D eigenvalue weighted by Crippen LogP contribution is 2.36. The van der Waals surface area contributed by atoms with Crippen LogP contribution in [-0.4, -0.2) is 42.4 Å². The minimum atomic E-state index is -0.465. The Labute approximate surface area is 203 Å². The maximum absolute atomic E-state index is 13.9. The number of hydrogen-bond donors (Lipinski definition) is 2. The summed E-state index contributed by atoms with van der Waals surface area (Å²) in [4.78, 5) is 28.7. The Morgan fingerprint density at radius 1 is 0.941 bits per heavy atom. The lowest BCUT2D eigenvalue weighted by Gasteiger charge is -2.35. The lowest BCUT2D eigenvalue weighted by atomic mass is 9.83. The second-order valence-corrected chi connectivity index (χ2v) is 9.57. The van der Waals surface area contributed by atoms with Gasteiger partial charge in [0.05, 0.1) is 12.1 Å². The number of nitrogens with one attached hydrogen (secondary N) is 2. The summed E-state index contributed by atoms with van der Waals surface area (Å²) in [6.45, 7) is 2.54. The molecule has 34 heavy (non-hydrogen) atoms. The van der Waals surface area contributed by atoms with Crippen LogP contribution >= 0.6 is 0 Å². The number of benzene rings is 2. The van der Waals surface area contributed by atoms with Crippen LogP contribution in [0.25, 0.3) is 0 Å². The molecule has 0 spiro atoms. The molecule has 2 fully saturated rings. The molecule has 1 heterocycles. The smallest absolute Gasteiger partial charge is 0.245 e. The van der Waals surface area contributed by atoms with Crippen molar-refractivity contribution in [3.05, 3.63) is 60.2 Å². The summed E-state index contributed by atoms with van der Waals surface area (Å²) < 4.78 is 6.04. The molecule has 2 amide bonds. The van der Waals surface area contributed by atoms with E-state index in [-0.39, 0.29) is 29.8 Å². The number of carbonyl (C=O) groups excluding carboxylic acids is 2. The number of likely N-dealkylation sites (N-methyl/N-ethyl adjacent to an activating group) is 1. The minimum absolute atomic E-state index is 0.00320. The van der Waals surface area contributed by atoms with Gasteiger partial charge in [-0.25, -0.2) is 0 Å². The fourth-order valence-corrected chi connectivity index (χ4v) is 5.22. The Hall–Kier alpha value is -2.86. The molecule has 0 bridgehead atoms. The zero-order chi connectivity index (χ0) is 23.9. The van der Waals surface area contributed by atoms with Gasteiger partial charge in [-0.1, -0.05) is 49.6 Å². The molecule has 6 heteroatoms. The molecule has 1 saturated carbocycles. The van der Waals surface area contributed by atoms with E-state index in [1.54, 1.807) is 7.05 Å². The van der Waals surface area contributed by atoms with Crippen LogP contribution in [0.5, 0.6) is 11.5 Å². The Morgan fingerprint density at radius 2 is 1.68 bits per heavy atom. The van der Waals surface area contributed by atoms with Crippen molar-refractivity contribution in [1.82, 2.24) is 15.5 Å². The average Bonchev–Trinajstić information content (AvgIpc) is 3.38. The second kappa shape index (κ2) is 11.5. The van der Waals surface area contributed by atoms with Crippen LogP contribution in [-0.2, 0) is 9.59 Å². The third-order valence-corrected chi connectivity index (χ3v) is 7.27. The van der Waals surface area contributed by atoms with E-state index < -0.39 is 6.04 Å². The molecule has 1 aliphatic carbocycles. The monoisotopic (exact) mass is 463 g/mol. The maximum Gasteiger partial charge on any atom is 0.245 e. The van der Waals surface area contributed by atoms with Gasteiger partial charge < -0.3 is 20.3 Å². The van der Waals surface area contributed by atoms with Gasteiger partial charge in [-0.05, 0) is 75.4 Å². The summed E-state index contributed by atoms with van der Waals surface area (Å²) in [5.41, 5.74) is 1.08. The molecule has 2 aliphatic rings. The number of amides is 2. The summed E-state index contributed by atoms with van der Waals surface area (Å²) in [5.74, 6) is 1.70. The SMILES string of the molecule is CNC(C)C(=O)N[C@H](C(=O)N1CCC[C@@H]1c1cccc(Oc2ccccc2)c1)C1CCCCC1. The van der Waals surface area contributed by atoms with Crippen molar-refractivity contribution < 1.29 is 14.3 Å². The number of rotatable bonds is 8. The lowest BCUT2D eigenvalue weighted by molar-refractivity contribution is -0.139. The van der Waals surface area contributed by atoms with Crippen LogP contribution in [0.2, 0.25) is 0 Å². The highest BCUT2D eigenvalue weighted by atomic mass is 16.5. The zero-order valence-corrected chi connectivity index (χ0v) is 20.3. The van der Waals surface area contributed by atoms with E-state index in [0.717, 1.165) is 55.6 Å². The standard InChI is InChI=1S/C28H37N3O3/c1-20(29-2)27(32)30-26(21-11-5-3-6-12-21)28(33)31-18-10-17-25(31)22-13-9-16-24(19-22)34-23-14-7-4-8-15-23/h4,7-9,13-16,19-21,25-26,29H,3,5-6,10-12,17-18H2,1-2H3,(H,30,32)/t20?,25-,26+/m1/s1. The summed E-state index contributed by atoms with van der Waals surface area (Å²) in [5, 5.41) is 6.10. The first-order chi connectivity index (χ1) is 16.6. The van der Waals surface area contributed by atoms with Crippen LogP contribution in [0.15, 0.2) is 54.6 Å². The average molecular weight is 464 g/mol. The molecule has 3 atom stereocenters. The molecule has 6 nitrogen and oxygen atoms in total. The van der Waals surface area contributed by atoms with Crippen LogP contribution in [0.1, 0.15) is 63.5 Å². The first-order valence-electron chi connectivity index (χ1n) is 12.7. The normalized spacial score (nSPS) is 20.5. The molecule has 1 unspecified atom stereocenters. The fraction of sp³-hybridized carbons (Fsp3) is 0.500. The van der Waals surface area contributed by atoms with Gasteiger partial charge in [-0.15, -0.1) is 0 Å².